The van der Waals surface area contributed by atoms with Gasteiger partial charge in [-0.25, -0.2) is 4.98 Å². The number of halogens is 3. The van der Waals surface area contributed by atoms with E-state index in [0.29, 0.717) is 19.2 Å². The van der Waals surface area contributed by atoms with Crippen molar-refractivity contribution in [3.05, 3.63) is 36.0 Å². The quantitative estimate of drug-likeness (QED) is 0.766. The molecule has 3 rings (SSSR count). The lowest BCUT2D eigenvalue weighted by Gasteiger charge is -2.41. The number of anilines is 1. The zero-order valence-corrected chi connectivity index (χ0v) is 14.2. The van der Waals surface area contributed by atoms with Crippen molar-refractivity contribution in [2.75, 3.05) is 31.1 Å². The van der Waals surface area contributed by atoms with Gasteiger partial charge in [0.15, 0.2) is 0 Å². The summed E-state index contributed by atoms with van der Waals surface area (Å²) in [6.45, 7) is 4.75. The Hall–Kier alpha value is -2.05. The number of hydrogen-bond acceptors (Lipinski definition) is 3. The zero-order chi connectivity index (χ0) is 18.1. The number of allylic oxidation sites excluding steroid dienone is 1. The van der Waals surface area contributed by atoms with E-state index in [-0.39, 0.29) is 11.5 Å². The van der Waals surface area contributed by atoms with Crippen LogP contribution in [0.3, 0.4) is 0 Å². The van der Waals surface area contributed by atoms with Gasteiger partial charge in [0.25, 0.3) is 0 Å². The molecule has 25 heavy (non-hydrogen) atoms. The van der Waals surface area contributed by atoms with Crippen LogP contribution in [-0.4, -0.2) is 48.1 Å². The summed E-state index contributed by atoms with van der Waals surface area (Å²) >= 11 is 0. The molecule has 0 radical (unpaired) electrons. The smallest absolute Gasteiger partial charge is 0.356 e. The second-order valence-electron chi connectivity index (χ2n) is 7.10. The normalized spacial score (nSPS) is 24.5. The molecule has 1 spiro atoms. The molecular weight excluding hydrogens is 331 g/mol. The Labute approximate surface area is 145 Å². The molecule has 3 heterocycles. The third-order valence-corrected chi connectivity index (χ3v) is 5.05. The number of aryl methyl sites for hydroxylation is 1. The summed E-state index contributed by atoms with van der Waals surface area (Å²) in [5, 5.41) is 0. The summed E-state index contributed by atoms with van der Waals surface area (Å²) in [7, 11) is 0. The summed E-state index contributed by atoms with van der Waals surface area (Å²) in [6, 6.07) is 4.00. The van der Waals surface area contributed by atoms with Crippen molar-refractivity contribution in [2.24, 2.45) is 5.41 Å². The Morgan fingerprint density at radius 1 is 1.28 bits per heavy atom. The van der Waals surface area contributed by atoms with Gasteiger partial charge in [-0.2, -0.15) is 13.2 Å². The highest BCUT2D eigenvalue weighted by molar-refractivity contribution is 5.88. The summed E-state index contributed by atoms with van der Waals surface area (Å²) in [6.07, 6.45) is 0.800. The number of likely N-dealkylation sites (tertiary alicyclic amines) is 1. The maximum atomic E-state index is 12.3. The lowest BCUT2D eigenvalue weighted by atomic mass is 9.79. The SMILES string of the molecule is Cc1ccnc(N2CCCC3(CCN(C(=O)C=CC(F)(F)F)C3)C2)c1. The van der Waals surface area contributed by atoms with E-state index in [9.17, 15) is 18.0 Å². The van der Waals surface area contributed by atoms with Crippen molar-refractivity contribution in [2.45, 2.75) is 32.4 Å². The molecule has 2 saturated heterocycles. The molecule has 2 aliphatic heterocycles. The summed E-state index contributed by atoms with van der Waals surface area (Å²) in [5.74, 6) is 0.376. The largest absolute Gasteiger partial charge is 0.409 e. The molecule has 0 aromatic carbocycles. The van der Waals surface area contributed by atoms with Crippen LogP contribution in [0, 0.1) is 12.3 Å². The van der Waals surface area contributed by atoms with Crippen molar-refractivity contribution in [3.63, 3.8) is 0 Å². The molecule has 2 fully saturated rings. The van der Waals surface area contributed by atoms with Crippen LogP contribution in [0.5, 0.6) is 0 Å². The van der Waals surface area contributed by atoms with E-state index in [0.717, 1.165) is 43.7 Å². The van der Waals surface area contributed by atoms with Crippen LogP contribution in [0.4, 0.5) is 19.0 Å². The molecule has 1 unspecified atom stereocenters. The van der Waals surface area contributed by atoms with Gasteiger partial charge in [0.2, 0.25) is 5.91 Å². The van der Waals surface area contributed by atoms with Crippen LogP contribution < -0.4 is 4.90 Å². The van der Waals surface area contributed by atoms with Crippen LogP contribution in [0.1, 0.15) is 24.8 Å². The minimum absolute atomic E-state index is 0.0180. The molecule has 7 heteroatoms. The number of hydrogen-bond donors (Lipinski definition) is 0. The Morgan fingerprint density at radius 3 is 2.80 bits per heavy atom. The van der Waals surface area contributed by atoms with Crippen LogP contribution in [0.2, 0.25) is 0 Å². The number of carbonyl (C=O) groups is 1. The number of amides is 1. The number of nitrogens with zero attached hydrogens (tertiary/aromatic N) is 3. The maximum Gasteiger partial charge on any atom is 0.409 e. The summed E-state index contributed by atoms with van der Waals surface area (Å²) in [4.78, 5) is 20.2. The van der Waals surface area contributed by atoms with E-state index >= 15 is 0 Å². The zero-order valence-electron chi connectivity index (χ0n) is 14.2. The molecule has 1 atom stereocenters. The van der Waals surface area contributed by atoms with E-state index in [1.165, 1.54) is 4.90 Å². The Kier molecular flexibility index (Phi) is 4.75. The monoisotopic (exact) mass is 353 g/mol. The lowest BCUT2D eigenvalue weighted by Crippen LogP contribution is -2.45. The highest BCUT2D eigenvalue weighted by Crippen LogP contribution is 2.40. The summed E-state index contributed by atoms with van der Waals surface area (Å²) < 4.78 is 36.8. The number of alkyl halides is 3. The van der Waals surface area contributed by atoms with Gasteiger partial charge < -0.3 is 9.80 Å². The Balaban J connectivity index is 1.67. The first kappa shape index (κ1) is 17.8. The number of aromatic nitrogens is 1. The predicted molar refractivity (Wildman–Crippen MR) is 89.2 cm³/mol. The summed E-state index contributed by atoms with van der Waals surface area (Å²) in [5.41, 5.74) is 1.09. The maximum absolute atomic E-state index is 12.3. The van der Waals surface area contributed by atoms with Gasteiger partial charge in [-0.3, -0.25) is 4.79 Å². The van der Waals surface area contributed by atoms with Gasteiger partial charge in [-0.1, -0.05) is 0 Å². The highest BCUT2D eigenvalue weighted by Gasteiger charge is 2.42. The molecule has 0 saturated carbocycles. The van der Waals surface area contributed by atoms with Crippen LogP contribution >= 0.6 is 0 Å². The van der Waals surface area contributed by atoms with E-state index < -0.39 is 12.1 Å². The van der Waals surface area contributed by atoms with Crippen molar-refractivity contribution >= 4 is 11.7 Å². The first-order chi connectivity index (χ1) is 11.8. The van der Waals surface area contributed by atoms with Crippen LogP contribution in [0.25, 0.3) is 0 Å². The predicted octanol–water partition coefficient (Wildman–Crippen LogP) is 3.33. The molecule has 0 N–H and O–H groups in total. The third-order valence-electron chi connectivity index (χ3n) is 5.05. The minimum Gasteiger partial charge on any atom is -0.356 e. The van der Waals surface area contributed by atoms with E-state index in [4.69, 9.17) is 0 Å². The second kappa shape index (κ2) is 6.69. The van der Waals surface area contributed by atoms with E-state index in [2.05, 4.69) is 9.88 Å². The first-order valence-corrected chi connectivity index (χ1v) is 8.49. The fraction of sp³-hybridized carbons (Fsp3) is 0.556. The fourth-order valence-corrected chi connectivity index (χ4v) is 3.82. The van der Waals surface area contributed by atoms with Crippen molar-refractivity contribution in [3.8, 4) is 0 Å². The van der Waals surface area contributed by atoms with Gasteiger partial charge in [0, 0.05) is 49.9 Å². The molecule has 1 aromatic heterocycles. The minimum atomic E-state index is -4.45. The molecule has 1 aromatic rings. The average Bonchev–Trinajstić information content (AvgIpc) is 2.95. The number of carbonyl (C=O) groups excluding carboxylic acids is 1. The molecule has 2 aliphatic rings. The van der Waals surface area contributed by atoms with Gasteiger partial charge in [-0.05, 0) is 43.9 Å². The van der Waals surface area contributed by atoms with Crippen molar-refractivity contribution < 1.29 is 18.0 Å². The Bertz CT molecular complexity index is 674. The average molecular weight is 353 g/mol. The number of piperidine rings is 1. The molecule has 0 aliphatic carbocycles. The second-order valence-corrected chi connectivity index (χ2v) is 7.10. The van der Waals surface area contributed by atoms with E-state index in [1.54, 1.807) is 6.20 Å². The molecule has 1 amide bonds. The standard InChI is InChI=1S/C18H22F3N3O/c1-14-4-8-22-15(11-14)23-9-2-5-17(12-23)7-10-24(13-17)16(25)3-6-18(19,20)21/h3-4,6,8,11H,2,5,7,9-10,12-13H2,1H3. The van der Waals surface area contributed by atoms with Gasteiger partial charge in [0.1, 0.15) is 5.82 Å². The van der Waals surface area contributed by atoms with E-state index in [1.807, 2.05) is 19.1 Å². The van der Waals surface area contributed by atoms with Gasteiger partial charge in [-0.15, -0.1) is 0 Å². The molecule has 4 nitrogen and oxygen atoms in total. The Morgan fingerprint density at radius 2 is 2.08 bits per heavy atom. The fourth-order valence-electron chi connectivity index (χ4n) is 3.82. The molecule has 136 valence electrons. The number of rotatable bonds is 2. The third kappa shape index (κ3) is 4.32. The van der Waals surface area contributed by atoms with Crippen LogP contribution in [0.15, 0.2) is 30.5 Å². The van der Waals surface area contributed by atoms with Crippen LogP contribution in [-0.2, 0) is 4.79 Å². The topological polar surface area (TPSA) is 36.4 Å². The number of pyridine rings is 1. The first-order valence-electron chi connectivity index (χ1n) is 8.49. The molecular formula is C18H22F3N3O. The highest BCUT2D eigenvalue weighted by atomic mass is 19.4. The lowest BCUT2D eigenvalue weighted by molar-refractivity contribution is -0.126. The van der Waals surface area contributed by atoms with Crippen molar-refractivity contribution in [1.82, 2.24) is 9.88 Å². The van der Waals surface area contributed by atoms with Gasteiger partial charge in [0.05, 0.1) is 0 Å². The molecule has 0 bridgehead atoms. The van der Waals surface area contributed by atoms with Crippen molar-refractivity contribution in [1.29, 1.82) is 0 Å². The van der Waals surface area contributed by atoms with Gasteiger partial charge >= 0.3 is 6.18 Å².